The molecule has 20 heavy (non-hydrogen) atoms. The van der Waals surface area contributed by atoms with E-state index in [1.54, 1.807) is 19.1 Å². The molecule has 1 unspecified atom stereocenters. The molecule has 2 rings (SSSR count). The van der Waals surface area contributed by atoms with Crippen LogP contribution in [-0.4, -0.2) is 37.8 Å². The Morgan fingerprint density at radius 3 is 2.75 bits per heavy atom. The number of aryl methyl sites for hydroxylation is 1. The molecule has 1 atom stereocenters. The van der Waals surface area contributed by atoms with E-state index in [2.05, 4.69) is 5.32 Å². The summed E-state index contributed by atoms with van der Waals surface area (Å²) in [5.41, 5.74) is 7.02. The van der Waals surface area contributed by atoms with E-state index in [1.165, 1.54) is 17.3 Å². The van der Waals surface area contributed by atoms with Crippen LogP contribution in [0.2, 0.25) is 0 Å². The average molecular weight is 297 g/mol. The van der Waals surface area contributed by atoms with Gasteiger partial charge in [0.1, 0.15) is 0 Å². The lowest BCUT2D eigenvalue weighted by Crippen LogP contribution is -2.37. The Kier molecular flexibility index (Phi) is 4.01. The van der Waals surface area contributed by atoms with Gasteiger partial charge in [0.05, 0.1) is 4.90 Å². The van der Waals surface area contributed by atoms with Crippen LogP contribution in [-0.2, 0) is 14.8 Å². The van der Waals surface area contributed by atoms with Gasteiger partial charge in [-0.1, -0.05) is 0 Å². The SMILES string of the molecule is CC(=O)NC1CCN(S(=O)(=O)c2ccc(N)c(C)c2)C1. The number of nitrogen functional groups attached to an aromatic ring is 1. The molecule has 1 aliphatic rings. The summed E-state index contributed by atoms with van der Waals surface area (Å²) in [6.07, 6.45) is 0.632. The summed E-state index contributed by atoms with van der Waals surface area (Å²) < 4.78 is 26.4. The third kappa shape index (κ3) is 2.94. The molecule has 1 aromatic rings. The number of hydrogen-bond donors (Lipinski definition) is 2. The molecule has 0 radical (unpaired) electrons. The smallest absolute Gasteiger partial charge is 0.243 e. The number of amides is 1. The molecular formula is C13H19N3O3S. The highest BCUT2D eigenvalue weighted by atomic mass is 32.2. The number of anilines is 1. The number of nitrogens with two attached hydrogens (primary N) is 1. The molecule has 7 heteroatoms. The molecule has 1 heterocycles. The third-order valence-corrected chi connectivity index (χ3v) is 5.30. The van der Waals surface area contributed by atoms with E-state index in [0.29, 0.717) is 25.2 Å². The molecule has 1 fully saturated rings. The predicted octanol–water partition coefficient (Wildman–Crippen LogP) is 0.476. The van der Waals surface area contributed by atoms with Gasteiger partial charge in [-0.2, -0.15) is 4.31 Å². The standard InChI is InChI=1S/C13H19N3O3S/c1-9-7-12(3-4-13(9)14)20(18,19)16-6-5-11(8-16)15-10(2)17/h3-4,7,11H,5-6,8,14H2,1-2H3,(H,15,17). The second-order valence-electron chi connectivity index (χ2n) is 5.07. The van der Waals surface area contributed by atoms with Gasteiger partial charge in [-0.25, -0.2) is 8.42 Å². The summed E-state index contributed by atoms with van der Waals surface area (Å²) in [4.78, 5) is 11.3. The number of benzene rings is 1. The van der Waals surface area contributed by atoms with Crippen molar-refractivity contribution in [2.75, 3.05) is 18.8 Å². The number of hydrogen-bond acceptors (Lipinski definition) is 4. The van der Waals surface area contributed by atoms with Crippen molar-refractivity contribution in [2.24, 2.45) is 0 Å². The minimum atomic E-state index is -3.52. The van der Waals surface area contributed by atoms with Crippen molar-refractivity contribution in [3.8, 4) is 0 Å². The normalized spacial score (nSPS) is 20.0. The fraction of sp³-hybridized carbons (Fsp3) is 0.462. The molecule has 1 aromatic carbocycles. The number of carbonyl (C=O) groups is 1. The Morgan fingerprint density at radius 2 is 2.15 bits per heavy atom. The van der Waals surface area contributed by atoms with Crippen LogP contribution in [0.15, 0.2) is 23.1 Å². The van der Waals surface area contributed by atoms with Gasteiger partial charge >= 0.3 is 0 Å². The van der Waals surface area contributed by atoms with Crippen LogP contribution in [0.3, 0.4) is 0 Å². The minimum absolute atomic E-state index is 0.114. The Hall–Kier alpha value is -1.60. The largest absolute Gasteiger partial charge is 0.399 e. The molecule has 0 bridgehead atoms. The summed E-state index contributed by atoms with van der Waals surface area (Å²) >= 11 is 0. The molecule has 6 nitrogen and oxygen atoms in total. The van der Waals surface area contributed by atoms with Crippen molar-refractivity contribution in [1.82, 2.24) is 9.62 Å². The van der Waals surface area contributed by atoms with Gasteiger partial charge in [-0.05, 0) is 37.1 Å². The molecule has 3 N–H and O–H groups in total. The van der Waals surface area contributed by atoms with Gasteiger partial charge < -0.3 is 11.1 Å². The van der Waals surface area contributed by atoms with Crippen molar-refractivity contribution >= 4 is 21.6 Å². The molecule has 0 aliphatic carbocycles. The fourth-order valence-electron chi connectivity index (χ4n) is 2.31. The summed E-state index contributed by atoms with van der Waals surface area (Å²) in [5.74, 6) is -0.141. The molecule has 0 aromatic heterocycles. The van der Waals surface area contributed by atoms with E-state index in [1.807, 2.05) is 0 Å². The van der Waals surface area contributed by atoms with Gasteiger partial charge in [-0.15, -0.1) is 0 Å². The zero-order valence-corrected chi connectivity index (χ0v) is 12.4. The quantitative estimate of drug-likeness (QED) is 0.794. The first-order valence-electron chi connectivity index (χ1n) is 6.44. The van der Waals surface area contributed by atoms with E-state index in [9.17, 15) is 13.2 Å². The number of carbonyl (C=O) groups excluding carboxylic acids is 1. The van der Waals surface area contributed by atoms with Crippen LogP contribution >= 0.6 is 0 Å². The molecule has 1 amide bonds. The molecule has 1 saturated heterocycles. The van der Waals surface area contributed by atoms with Crippen molar-refractivity contribution in [3.05, 3.63) is 23.8 Å². The zero-order chi connectivity index (χ0) is 14.9. The molecule has 0 spiro atoms. The highest BCUT2D eigenvalue weighted by Crippen LogP contribution is 2.23. The van der Waals surface area contributed by atoms with Gasteiger partial charge in [-0.3, -0.25) is 4.79 Å². The van der Waals surface area contributed by atoms with Crippen molar-refractivity contribution in [2.45, 2.75) is 31.2 Å². The Morgan fingerprint density at radius 1 is 1.45 bits per heavy atom. The second-order valence-corrected chi connectivity index (χ2v) is 7.01. The highest BCUT2D eigenvalue weighted by molar-refractivity contribution is 7.89. The maximum atomic E-state index is 12.5. The Bertz CT molecular complexity index is 628. The van der Waals surface area contributed by atoms with Gasteiger partial charge in [0.25, 0.3) is 0 Å². The van der Waals surface area contributed by atoms with Gasteiger partial charge in [0, 0.05) is 31.7 Å². The summed E-state index contributed by atoms with van der Waals surface area (Å²) in [6, 6.07) is 4.58. The monoisotopic (exact) mass is 297 g/mol. The molecular weight excluding hydrogens is 278 g/mol. The summed E-state index contributed by atoms with van der Waals surface area (Å²) in [5, 5.41) is 2.75. The van der Waals surface area contributed by atoms with Crippen LogP contribution in [0.25, 0.3) is 0 Å². The van der Waals surface area contributed by atoms with Crippen LogP contribution in [0, 0.1) is 6.92 Å². The van der Waals surface area contributed by atoms with Crippen molar-refractivity contribution in [1.29, 1.82) is 0 Å². The fourth-order valence-corrected chi connectivity index (χ4v) is 3.90. The first-order chi connectivity index (χ1) is 9.30. The highest BCUT2D eigenvalue weighted by Gasteiger charge is 2.32. The van der Waals surface area contributed by atoms with E-state index in [-0.39, 0.29) is 16.8 Å². The third-order valence-electron chi connectivity index (χ3n) is 3.44. The second kappa shape index (κ2) is 5.41. The Labute approximate surface area is 119 Å². The van der Waals surface area contributed by atoms with Crippen LogP contribution in [0.1, 0.15) is 18.9 Å². The van der Waals surface area contributed by atoms with Crippen LogP contribution < -0.4 is 11.1 Å². The van der Waals surface area contributed by atoms with E-state index in [0.717, 1.165) is 5.56 Å². The lowest BCUT2D eigenvalue weighted by atomic mass is 10.2. The molecule has 110 valence electrons. The summed E-state index contributed by atoms with van der Waals surface area (Å²) in [6.45, 7) is 3.93. The van der Waals surface area contributed by atoms with Crippen molar-refractivity contribution < 1.29 is 13.2 Å². The van der Waals surface area contributed by atoms with E-state index in [4.69, 9.17) is 5.73 Å². The predicted molar refractivity (Wildman–Crippen MR) is 76.6 cm³/mol. The number of nitrogens with zero attached hydrogens (tertiary/aromatic N) is 1. The number of sulfonamides is 1. The maximum absolute atomic E-state index is 12.5. The lowest BCUT2D eigenvalue weighted by molar-refractivity contribution is -0.119. The number of nitrogens with one attached hydrogen (secondary N) is 1. The average Bonchev–Trinajstić information content (AvgIpc) is 2.80. The molecule has 0 saturated carbocycles. The van der Waals surface area contributed by atoms with E-state index >= 15 is 0 Å². The lowest BCUT2D eigenvalue weighted by Gasteiger charge is -2.17. The maximum Gasteiger partial charge on any atom is 0.243 e. The topological polar surface area (TPSA) is 92.5 Å². The van der Waals surface area contributed by atoms with Crippen LogP contribution in [0.4, 0.5) is 5.69 Å². The van der Waals surface area contributed by atoms with Gasteiger partial charge in [0.2, 0.25) is 15.9 Å². The first kappa shape index (κ1) is 14.8. The first-order valence-corrected chi connectivity index (χ1v) is 7.88. The number of rotatable bonds is 3. The van der Waals surface area contributed by atoms with Crippen LogP contribution in [0.5, 0.6) is 0 Å². The minimum Gasteiger partial charge on any atom is -0.399 e. The Balaban J connectivity index is 2.19. The molecule has 1 aliphatic heterocycles. The zero-order valence-electron chi connectivity index (χ0n) is 11.6. The van der Waals surface area contributed by atoms with Gasteiger partial charge in [0.15, 0.2) is 0 Å². The summed E-state index contributed by atoms with van der Waals surface area (Å²) in [7, 11) is -3.52. The van der Waals surface area contributed by atoms with E-state index < -0.39 is 10.0 Å². The van der Waals surface area contributed by atoms with Crippen molar-refractivity contribution in [3.63, 3.8) is 0 Å².